The summed E-state index contributed by atoms with van der Waals surface area (Å²) < 4.78 is 18.9. The number of benzene rings is 3. The van der Waals surface area contributed by atoms with Crippen molar-refractivity contribution in [3.63, 3.8) is 0 Å². The van der Waals surface area contributed by atoms with E-state index in [9.17, 15) is 5.11 Å². The van der Waals surface area contributed by atoms with Crippen LogP contribution in [0.1, 0.15) is 28.4 Å². The Hall–Kier alpha value is -4.30. The van der Waals surface area contributed by atoms with Crippen LogP contribution in [0.5, 0.6) is 28.9 Å². The van der Waals surface area contributed by atoms with E-state index in [-0.39, 0.29) is 18.3 Å². The topological polar surface area (TPSA) is 91.0 Å². The Bertz CT molecular complexity index is 1530. The van der Waals surface area contributed by atoms with E-state index in [1.54, 1.807) is 54.4 Å². The van der Waals surface area contributed by atoms with Crippen molar-refractivity contribution in [2.24, 2.45) is 0 Å². The van der Waals surface area contributed by atoms with Gasteiger partial charge in [0.15, 0.2) is 11.5 Å². The maximum absolute atomic E-state index is 10.0. The minimum absolute atomic E-state index is 0.117. The average molecular weight is 487 g/mol. The zero-order valence-electron chi connectivity index (χ0n) is 18.6. The van der Waals surface area contributed by atoms with Crippen LogP contribution in [0.2, 0.25) is 5.02 Å². The molecule has 0 spiro atoms. The standard InChI is InChI=1S/C26H19ClN4O4/c1-33-18-7-2-15(3-8-18)23-20-11-6-17(32)12-21(20)35-26-24(23)25-29-22(30-31(25)14-28-26)13-34-19-9-4-16(27)5-10-19/h2-12,14,23,32H,13H2,1H3. The third-order valence-electron chi connectivity index (χ3n) is 5.86. The molecule has 3 heterocycles. The number of ether oxygens (including phenoxy) is 3. The van der Waals surface area contributed by atoms with E-state index < -0.39 is 0 Å². The molecule has 2 aromatic heterocycles. The highest BCUT2D eigenvalue weighted by atomic mass is 35.5. The molecule has 174 valence electrons. The Balaban J connectivity index is 1.44. The molecular formula is C26H19ClN4O4. The molecule has 0 saturated heterocycles. The molecule has 0 aliphatic carbocycles. The summed E-state index contributed by atoms with van der Waals surface area (Å²) in [6.45, 7) is 0.177. The molecule has 35 heavy (non-hydrogen) atoms. The summed E-state index contributed by atoms with van der Waals surface area (Å²) in [6.07, 6.45) is 1.56. The average Bonchev–Trinajstić information content (AvgIpc) is 3.30. The number of methoxy groups -OCH3 is 1. The van der Waals surface area contributed by atoms with Crippen molar-refractivity contribution in [1.29, 1.82) is 0 Å². The first-order valence-electron chi connectivity index (χ1n) is 10.9. The van der Waals surface area contributed by atoms with Crippen LogP contribution in [0.3, 0.4) is 0 Å². The highest BCUT2D eigenvalue weighted by molar-refractivity contribution is 6.30. The molecule has 9 heteroatoms. The van der Waals surface area contributed by atoms with Gasteiger partial charge in [0, 0.05) is 22.6 Å². The number of hydrogen-bond acceptors (Lipinski definition) is 7. The molecule has 0 bridgehead atoms. The molecule has 1 unspecified atom stereocenters. The van der Waals surface area contributed by atoms with Crippen molar-refractivity contribution >= 4 is 17.2 Å². The Kier molecular flexibility index (Phi) is 5.15. The maximum atomic E-state index is 10.0. The van der Waals surface area contributed by atoms with E-state index in [4.69, 9.17) is 30.8 Å². The van der Waals surface area contributed by atoms with Crippen molar-refractivity contribution in [2.45, 2.75) is 12.5 Å². The third-order valence-corrected chi connectivity index (χ3v) is 6.12. The summed E-state index contributed by atoms with van der Waals surface area (Å²) in [5.41, 5.74) is 3.28. The minimum Gasteiger partial charge on any atom is -0.508 e. The Morgan fingerprint density at radius 3 is 2.57 bits per heavy atom. The number of halogens is 1. The number of aromatic hydroxyl groups is 1. The van der Waals surface area contributed by atoms with Gasteiger partial charge in [-0.05, 0) is 48.0 Å². The predicted molar refractivity (Wildman–Crippen MR) is 129 cm³/mol. The van der Waals surface area contributed by atoms with E-state index in [1.165, 1.54) is 0 Å². The number of phenols is 1. The summed E-state index contributed by atoms with van der Waals surface area (Å²) in [5.74, 6) is 2.75. The molecule has 1 aliphatic rings. The fourth-order valence-corrected chi connectivity index (χ4v) is 4.36. The Morgan fingerprint density at radius 2 is 1.80 bits per heavy atom. The van der Waals surface area contributed by atoms with Gasteiger partial charge in [-0.3, -0.25) is 0 Å². The van der Waals surface area contributed by atoms with Crippen LogP contribution < -0.4 is 14.2 Å². The van der Waals surface area contributed by atoms with Gasteiger partial charge in [-0.1, -0.05) is 29.8 Å². The third kappa shape index (κ3) is 3.87. The van der Waals surface area contributed by atoms with Crippen LogP contribution in [0.4, 0.5) is 0 Å². The molecule has 3 aromatic carbocycles. The minimum atomic E-state index is -0.245. The Morgan fingerprint density at radius 1 is 1.03 bits per heavy atom. The highest BCUT2D eigenvalue weighted by Crippen LogP contribution is 2.48. The van der Waals surface area contributed by atoms with Gasteiger partial charge >= 0.3 is 0 Å². The molecular weight excluding hydrogens is 468 g/mol. The molecule has 0 fully saturated rings. The zero-order valence-corrected chi connectivity index (χ0v) is 19.3. The lowest BCUT2D eigenvalue weighted by atomic mass is 9.84. The number of fused-ring (bicyclic) bond motifs is 4. The second kappa shape index (κ2) is 8.48. The fraction of sp³-hybridized carbons (Fsp3) is 0.115. The first kappa shape index (κ1) is 21.2. The normalized spacial score (nSPS) is 14.2. The van der Waals surface area contributed by atoms with Gasteiger partial charge in [-0.15, -0.1) is 5.10 Å². The molecule has 8 nitrogen and oxygen atoms in total. The lowest BCUT2D eigenvalue weighted by Crippen LogP contribution is -2.15. The SMILES string of the molecule is COc1ccc(C2c3ccc(O)cc3Oc3ncn4nc(COc5ccc(Cl)cc5)nc4c32)cc1. The summed E-state index contributed by atoms with van der Waals surface area (Å²) in [4.78, 5) is 9.27. The highest BCUT2D eigenvalue weighted by Gasteiger charge is 2.33. The van der Waals surface area contributed by atoms with E-state index in [1.807, 2.05) is 30.3 Å². The van der Waals surface area contributed by atoms with E-state index in [2.05, 4.69) is 10.1 Å². The molecule has 0 radical (unpaired) electrons. The van der Waals surface area contributed by atoms with Gasteiger partial charge < -0.3 is 19.3 Å². The van der Waals surface area contributed by atoms with Crippen LogP contribution >= 0.6 is 11.6 Å². The summed E-state index contributed by atoms with van der Waals surface area (Å²) in [6, 6.07) is 20.0. The van der Waals surface area contributed by atoms with Gasteiger partial charge in [-0.2, -0.15) is 0 Å². The van der Waals surface area contributed by atoms with Crippen molar-refractivity contribution in [3.05, 3.63) is 101 Å². The van der Waals surface area contributed by atoms with E-state index >= 15 is 0 Å². The second-order valence-corrected chi connectivity index (χ2v) is 8.47. The lowest BCUT2D eigenvalue weighted by Gasteiger charge is -2.28. The van der Waals surface area contributed by atoms with Gasteiger partial charge in [0.2, 0.25) is 5.88 Å². The smallest absolute Gasteiger partial charge is 0.228 e. The first-order valence-corrected chi connectivity index (χ1v) is 11.2. The van der Waals surface area contributed by atoms with Crippen LogP contribution in [0.25, 0.3) is 5.65 Å². The molecule has 1 aliphatic heterocycles. The lowest BCUT2D eigenvalue weighted by molar-refractivity contribution is 0.296. The number of phenolic OH excluding ortho intramolecular Hbond substituents is 1. The number of hydrogen-bond donors (Lipinski definition) is 1. The van der Waals surface area contributed by atoms with Crippen LogP contribution in [-0.4, -0.2) is 31.8 Å². The fourth-order valence-electron chi connectivity index (χ4n) is 4.23. The largest absolute Gasteiger partial charge is 0.508 e. The molecule has 0 saturated carbocycles. The van der Waals surface area contributed by atoms with E-state index in [0.717, 1.165) is 22.4 Å². The van der Waals surface area contributed by atoms with Gasteiger partial charge in [0.05, 0.1) is 12.7 Å². The maximum Gasteiger partial charge on any atom is 0.228 e. The molecule has 0 amide bonds. The first-order chi connectivity index (χ1) is 17.1. The summed E-state index contributed by atoms with van der Waals surface area (Å²) in [5, 5.41) is 15.2. The van der Waals surface area contributed by atoms with Crippen molar-refractivity contribution in [3.8, 4) is 28.9 Å². The van der Waals surface area contributed by atoms with Crippen molar-refractivity contribution in [2.75, 3.05) is 7.11 Å². The van der Waals surface area contributed by atoms with Crippen LogP contribution in [0.15, 0.2) is 73.1 Å². The molecule has 6 rings (SSSR count). The molecule has 5 aromatic rings. The monoisotopic (exact) mass is 486 g/mol. The quantitative estimate of drug-likeness (QED) is 0.351. The number of aromatic nitrogens is 4. The predicted octanol–water partition coefficient (Wildman–Crippen LogP) is 5.36. The molecule has 1 atom stereocenters. The summed E-state index contributed by atoms with van der Waals surface area (Å²) in [7, 11) is 1.63. The second-order valence-electron chi connectivity index (χ2n) is 8.03. The van der Waals surface area contributed by atoms with Gasteiger partial charge in [0.1, 0.15) is 35.9 Å². The van der Waals surface area contributed by atoms with Crippen LogP contribution in [-0.2, 0) is 6.61 Å². The van der Waals surface area contributed by atoms with E-state index in [0.29, 0.717) is 33.9 Å². The van der Waals surface area contributed by atoms with Crippen molar-refractivity contribution < 1.29 is 19.3 Å². The Labute approximate surface area is 205 Å². The van der Waals surface area contributed by atoms with Gasteiger partial charge in [-0.25, -0.2) is 14.5 Å². The number of rotatable bonds is 5. The van der Waals surface area contributed by atoms with Crippen LogP contribution in [0, 0.1) is 0 Å². The van der Waals surface area contributed by atoms with Crippen molar-refractivity contribution in [1.82, 2.24) is 19.6 Å². The zero-order chi connectivity index (χ0) is 23.9. The molecule has 1 N–H and O–H groups in total. The van der Waals surface area contributed by atoms with Gasteiger partial charge in [0.25, 0.3) is 0 Å². The number of nitrogens with zero attached hydrogens (tertiary/aromatic N) is 4. The summed E-state index contributed by atoms with van der Waals surface area (Å²) >= 11 is 5.95.